The molecule has 7 nitrogen and oxygen atoms in total. The maximum atomic E-state index is 10.7. The molecule has 3 aromatic rings. The Labute approximate surface area is 114 Å². The second kappa shape index (κ2) is 4.69. The van der Waals surface area contributed by atoms with E-state index in [1.807, 2.05) is 13.0 Å². The van der Waals surface area contributed by atoms with E-state index in [1.165, 1.54) is 12.1 Å². The number of nitro benzene ring substituents is 1. The van der Waals surface area contributed by atoms with E-state index in [4.69, 9.17) is 0 Å². The number of non-ortho nitro benzene ring substituents is 1. The molecule has 0 unspecified atom stereocenters. The smallest absolute Gasteiger partial charge is 0.258 e. The molecule has 0 saturated heterocycles. The minimum Gasteiger partial charge on any atom is -0.258 e. The predicted molar refractivity (Wildman–Crippen MR) is 72.3 cm³/mol. The molecule has 0 saturated carbocycles. The van der Waals surface area contributed by atoms with Gasteiger partial charge in [-0.05, 0) is 18.2 Å². The van der Waals surface area contributed by atoms with Crippen molar-refractivity contribution in [1.29, 1.82) is 0 Å². The zero-order chi connectivity index (χ0) is 14.1. The summed E-state index contributed by atoms with van der Waals surface area (Å²) in [6.45, 7) is 1.97. The summed E-state index contributed by atoms with van der Waals surface area (Å²) in [5, 5.41) is 15.0. The summed E-state index contributed by atoms with van der Waals surface area (Å²) in [6.07, 6.45) is 2.38. The maximum Gasteiger partial charge on any atom is 0.269 e. The number of aryl methyl sites for hydroxylation is 1. The lowest BCUT2D eigenvalue weighted by Crippen LogP contribution is -1.96. The van der Waals surface area contributed by atoms with Crippen LogP contribution < -0.4 is 0 Å². The summed E-state index contributed by atoms with van der Waals surface area (Å²) in [5.41, 5.74) is 1.69. The molecule has 0 N–H and O–H groups in total. The van der Waals surface area contributed by atoms with Gasteiger partial charge in [0.1, 0.15) is 0 Å². The highest BCUT2D eigenvalue weighted by Gasteiger charge is 2.10. The Kier molecular flexibility index (Phi) is 2.86. The van der Waals surface area contributed by atoms with Crippen LogP contribution >= 0.6 is 0 Å². The first-order valence-corrected chi connectivity index (χ1v) is 6.14. The quantitative estimate of drug-likeness (QED) is 0.537. The van der Waals surface area contributed by atoms with Crippen molar-refractivity contribution in [2.75, 3.05) is 0 Å². The number of nitrogens with zero attached hydrogens (tertiary/aromatic N) is 5. The molecule has 3 rings (SSSR count). The number of nitro groups is 1. The van der Waals surface area contributed by atoms with Crippen LogP contribution in [0.3, 0.4) is 0 Å². The topological polar surface area (TPSA) is 86.2 Å². The fourth-order valence-corrected chi connectivity index (χ4v) is 1.96. The minimum atomic E-state index is -0.420. The van der Waals surface area contributed by atoms with Crippen LogP contribution in [0.1, 0.15) is 12.7 Å². The molecule has 2 heterocycles. The van der Waals surface area contributed by atoms with Gasteiger partial charge in [0.25, 0.3) is 11.5 Å². The number of hydrogen-bond acceptors (Lipinski definition) is 5. The third kappa shape index (κ3) is 1.99. The van der Waals surface area contributed by atoms with Gasteiger partial charge in [-0.2, -0.15) is 9.50 Å². The Bertz CT molecular complexity index is 779. The lowest BCUT2D eigenvalue weighted by atomic mass is 10.1. The van der Waals surface area contributed by atoms with Crippen LogP contribution in [0, 0.1) is 10.1 Å². The number of aromatic nitrogens is 4. The van der Waals surface area contributed by atoms with E-state index in [1.54, 1.807) is 22.8 Å². The summed E-state index contributed by atoms with van der Waals surface area (Å²) < 4.78 is 1.65. The van der Waals surface area contributed by atoms with Crippen molar-refractivity contribution in [3.63, 3.8) is 0 Å². The van der Waals surface area contributed by atoms with E-state index in [0.717, 1.165) is 17.7 Å². The molecule has 2 aromatic heterocycles. The average Bonchev–Trinajstić information content (AvgIpc) is 2.90. The van der Waals surface area contributed by atoms with Gasteiger partial charge in [0.15, 0.2) is 5.82 Å². The fraction of sp³-hybridized carbons (Fsp3) is 0.154. The molecule has 100 valence electrons. The van der Waals surface area contributed by atoms with Crippen LogP contribution in [-0.4, -0.2) is 24.5 Å². The van der Waals surface area contributed by atoms with Crippen molar-refractivity contribution in [3.8, 4) is 11.3 Å². The number of fused-ring (bicyclic) bond motifs is 1. The van der Waals surface area contributed by atoms with Crippen molar-refractivity contribution in [3.05, 3.63) is 52.5 Å². The molecule has 7 heteroatoms. The molecule has 0 spiro atoms. The van der Waals surface area contributed by atoms with Gasteiger partial charge in [0.2, 0.25) is 0 Å². The third-order valence-electron chi connectivity index (χ3n) is 2.97. The van der Waals surface area contributed by atoms with E-state index in [2.05, 4.69) is 15.1 Å². The fourth-order valence-electron chi connectivity index (χ4n) is 1.96. The van der Waals surface area contributed by atoms with Crippen molar-refractivity contribution >= 4 is 11.5 Å². The standard InChI is InChI=1S/C13H11N5O2/c1-2-12-15-13-14-8-7-11(17(13)16-12)9-3-5-10(6-4-9)18(19)20/h3-8H,2H2,1H3. The zero-order valence-electron chi connectivity index (χ0n) is 10.7. The summed E-state index contributed by atoms with van der Waals surface area (Å²) in [7, 11) is 0. The van der Waals surface area contributed by atoms with Crippen molar-refractivity contribution in [2.45, 2.75) is 13.3 Å². The Hall–Kier alpha value is -2.83. The van der Waals surface area contributed by atoms with Crippen LogP contribution in [0.15, 0.2) is 36.5 Å². The molecule has 1 aromatic carbocycles. The number of rotatable bonds is 3. The maximum absolute atomic E-state index is 10.7. The molecule has 0 amide bonds. The zero-order valence-corrected chi connectivity index (χ0v) is 10.7. The van der Waals surface area contributed by atoms with Gasteiger partial charge in [-0.15, -0.1) is 5.10 Å². The highest BCUT2D eigenvalue weighted by Crippen LogP contribution is 2.22. The van der Waals surface area contributed by atoms with Crippen molar-refractivity contribution in [1.82, 2.24) is 19.6 Å². The first-order chi connectivity index (χ1) is 9.69. The van der Waals surface area contributed by atoms with Gasteiger partial charge >= 0.3 is 0 Å². The molecule has 20 heavy (non-hydrogen) atoms. The van der Waals surface area contributed by atoms with Gasteiger partial charge < -0.3 is 0 Å². The summed E-state index contributed by atoms with van der Waals surface area (Å²) in [4.78, 5) is 18.7. The molecule has 0 bridgehead atoms. The lowest BCUT2D eigenvalue weighted by Gasteiger charge is -2.03. The van der Waals surface area contributed by atoms with Crippen LogP contribution in [0.4, 0.5) is 5.69 Å². The largest absolute Gasteiger partial charge is 0.269 e. The first-order valence-electron chi connectivity index (χ1n) is 6.14. The van der Waals surface area contributed by atoms with Crippen molar-refractivity contribution in [2.24, 2.45) is 0 Å². The van der Waals surface area contributed by atoms with E-state index >= 15 is 0 Å². The van der Waals surface area contributed by atoms with Gasteiger partial charge in [0.05, 0.1) is 10.6 Å². The van der Waals surface area contributed by atoms with Gasteiger partial charge in [-0.1, -0.05) is 6.92 Å². The molecule has 0 aliphatic carbocycles. The molecule has 0 fully saturated rings. The lowest BCUT2D eigenvalue weighted by molar-refractivity contribution is -0.384. The molecule has 0 aliphatic rings. The van der Waals surface area contributed by atoms with Crippen LogP contribution in [0.2, 0.25) is 0 Å². The number of hydrogen-bond donors (Lipinski definition) is 0. The Morgan fingerprint density at radius 3 is 2.65 bits per heavy atom. The van der Waals surface area contributed by atoms with E-state index in [-0.39, 0.29) is 5.69 Å². The summed E-state index contributed by atoms with van der Waals surface area (Å²) >= 11 is 0. The second-order valence-electron chi connectivity index (χ2n) is 4.23. The van der Waals surface area contributed by atoms with Crippen molar-refractivity contribution < 1.29 is 4.92 Å². The summed E-state index contributed by atoms with van der Waals surface area (Å²) in [6, 6.07) is 8.14. The Morgan fingerprint density at radius 2 is 2.00 bits per heavy atom. The predicted octanol–water partition coefficient (Wildman–Crippen LogP) is 2.26. The average molecular weight is 269 g/mol. The molecule has 0 aliphatic heterocycles. The van der Waals surface area contributed by atoms with E-state index in [0.29, 0.717) is 11.6 Å². The highest BCUT2D eigenvalue weighted by molar-refractivity contribution is 5.62. The molecule has 0 atom stereocenters. The summed E-state index contributed by atoms with van der Waals surface area (Å²) in [5.74, 6) is 1.24. The molecule has 0 radical (unpaired) electrons. The highest BCUT2D eigenvalue weighted by atomic mass is 16.6. The number of benzene rings is 1. The van der Waals surface area contributed by atoms with Gasteiger partial charge in [-0.25, -0.2) is 4.98 Å². The third-order valence-corrected chi connectivity index (χ3v) is 2.97. The second-order valence-corrected chi connectivity index (χ2v) is 4.23. The van der Waals surface area contributed by atoms with Gasteiger partial charge in [0, 0.05) is 30.3 Å². The SMILES string of the molecule is CCc1nc2nccc(-c3ccc([N+](=O)[O-])cc3)n2n1. The van der Waals surface area contributed by atoms with Crippen LogP contribution in [0.5, 0.6) is 0 Å². The van der Waals surface area contributed by atoms with Crippen LogP contribution in [-0.2, 0) is 6.42 Å². The molecular formula is C13H11N5O2. The van der Waals surface area contributed by atoms with E-state index in [9.17, 15) is 10.1 Å². The minimum absolute atomic E-state index is 0.0619. The monoisotopic (exact) mass is 269 g/mol. The van der Waals surface area contributed by atoms with Crippen LogP contribution in [0.25, 0.3) is 17.0 Å². The van der Waals surface area contributed by atoms with E-state index < -0.39 is 4.92 Å². The van der Waals surface area contributed by atoms with Gasteiger partial charge in [-0.3, -0.25) is 10.1 Å². The normalized spacial score (nSPS) is 10.8. The first kappa shape index (κ1) is 12.2. The Morgan fingerprint density at radius 1 is 1.25 bits per heavy atom. The molecular weight excluding hydrogens is 258 g/mol. The Balaban J connectivity index is 2.13.